The van der Waals surface area contributed by atoms with E-state index in [1.54, 1.807) is 0 Å². The van der Waals surface area contributed by atoms with Gasteiger partial charge >= 0.3 is 0 Å². The van der Waals surface area contributed by atoms with Gasteiger partial charge in [0.15, 0.2) is 0 Å². The summed E-state index contributed by atoms with van der Waals surface area (Å²) < 4.78 is 13.7. The molecule has 1 aliphatic rings. The number of nitriles is 1. The highest BCUT2D eigenvalue weighted by molar-refractivity contribution is 6.33. The number of piperidine rings is 1. The minimum atomic E-state index is -0.949. The first-order valence-electron chi connectivity index (χ1n) is 6.34. The molecule has 0 aromatic heterocycles. The fraction of sp³-hybridized carbons (Fsp3) is 0.429. The molecular weight excluding hydrogens is 281 g/mol. The van der Waals surface area contributed by atoms with Gasteiger partial charge in [-0.15, -0.1) is 0 Å². The Hall–Kier alpha value is -1.64. The zero-order chi connectivity index (χ0) is 14.8. The zero-order valence-electron chi connectivity index (χ0n) is 11.1. The van der Waals surface area contributed by atoms with E-state index in [4.69, 9.17) is 11.6 Å². The number of hydrogen-bond donors (Lipinski definition) is 1. The highest BCUT2D eigenvalue weighted by Gasteiger charge is 2.36. The molecule has 1 aliphatic heterocycles. The summed E-state index contributed by atoms with van der Waals surface area (Å²) in [6, 6.07) is 6.21. The third-order valence-corrected chi connectivity index (χ3v) is 3.91. The minimum absolute atomic E-state index is 0.0449. The number of carbonyl (C=O) groups excluding carboxylic acids is 1. The first-order chi connectivity index (χ1) is 9.47. The first kappa shape index (κ1) is 14.8. The highest BCUT2D eigenvalue weighted by Crippen LogP contribution is 2.24. The molecule has 0 aliphatic carbocycles. The molecule has 0 bridgehead atoms. The number of hydrogen-bond acceptors (Lipinski definition) is 3. The number of likely N-dealkylation sites (tertiary alicyclic amines) is 1. The molecule has 0 radical (unpaired) electrons. The summed E-state index contributed by atoms with van der Waals surface area (Å²) in [6.07, 6.45) is 1.02. The van der Waals surface area contributed by atoms with Crippen molar-refractivity contribution in [2.75, 3.05) is 20.1 Å². The van der Waals surface area contributed by atoms with Crippen molar-refractivity contribution in [2.24, 2.45) is 0 Å². The Morgan fingerprint density at radius 1 is 1.50 bits per heavy atom. The van der Waals surface area contributed by atoms with E-state index in [0.717, 1.165) is 0 Å². The maximum Gasteiger partial charge on any atom is 0.257 e. The van der Waals surface area contributed by atoms with Gasteiger partial charge in [-0.2, -0.15) is 5.26 Å². The lowest BCUT2D eigenvalue weighted by Crippen LogP contribution is -2.54. The van der Waals surface area contributed by atoms with Crippen molar-refractivity contribution in [3.63, 3.8) is 0 Å². The molecule has 1 saturated heterocycles. The normalized spacial score (nSPS) is 18.3. The van der Waals surface area contributed by atoms with Gasteiger partial charge < -0.3 is 10.2 Å². The molecule has 4 nitrogen and oxygen atoms in total. The summed E-state index contributed by atoms with van der Waals surface area (Å²) in [5.41, 5.74) is -1.16. The Kier molecular flexibility index (Phi) is 4.26. The molecule has 1 N–H and O–H groups in total. The van der Waals surface area contributed by atoms with E-state index < -0.39 is 17.3 Å². The van der Waals surface area contributed by atoms with Gasteiger partial charge in [-0.25, -0.2) is 4.39 Å². The van der Waals surface area contributed by atoms with Gasteiger partial charge in [0.25, 0.3) is 5.91 Å². The first-order valence-corrected chi connectivity index (χ1v) is 6.71. The maximum absolute atomic E-state index is 13.7. The topological polar surface area (TPSA) is 56.1 Å². The predicted molar refractivity (Wildman–Crippen MR) is 74.0 cm³/mol. The van der Waals surface area contributed by atoms with Crippen molar-refractivity contribution in [3.8, 4) is 6.07 Å². The summed E-state index contributed by atoms with van der Waals surface area (Å²) in [4.78, 5) is 14.3. The molecule has 0 atom stereocenters. The molecule has 1 fully saturated rings. The van der Waals surface area contributed by atoms with E-state index in [2.05, 4.69) is 16.3 Å². The van der Waals surface area contributed by atoms with E-state index in [-0.39, 0.29) is 10.6 Å². The van der Waals surface area contributed by atoms with Gasteiger partial charge in [0, 0.05) is 13.1 Å². The Labute approximate surface area is 122 Å². The van der Waals surface area contributed by atoms with Crippen LogP contribution in [-0.4, -0.2) is 36.5 Å². The molecule has 6 heteroatoms. The molecule has 0 unspecified atom stereocenters. The van der Waals surface area contributed by atoms with Crippen LogP contribution in [0.5, 0.6) is 0 Å². The van der Waals surface area contributed by atoms with E-state index in [1.807, 2.05) is 7.05 Å². The molecule has 106 valence electrons. The highest BCUT2D eigenvalue weighted by atomic mass is 35.5. The van der Waals surface area contributed by atoms with Crippen LogP contribution in [0.3, 0.4) is 0 Å². The third kappa shape index (κ3) is 2.92. The van der Waals surface area contributed by atoms with Crippen molar-refractivity contribution >= 4 is 17.5 Å². The average Bonchev–Trinajstić information content (AvgIpc) is 2.41. The Bertz CT molecular complexity index is 542. The number of halogens is 2. The SMILES string of the molecule is CN1CCC(C#N)(NC(=O)c2c(F)cccc2Cl)CC1. The summed E-state index contributed by atoms with van der Waals surface area (Å²) in [5, 5.41) is 12.0. The van der Waals surface area contributed by atoms with Crippen molar-refractivity contribution < 1.29 is 9.18 Å². The van der Waals surface area contributed by atoms with Crippen LogP contribution in [0.1, 0.15) is 23.2 Å². The van der Waals surface area contributed by atoms with E-state index in [9.17, 15) is 14.4 Å². The molecule has 0 spiro atoms. The Balaban J connectivity index is 2.21. The molecule has 2 rings (SSSR count). The number of benzene rings is 1. The standard InChI is InChI=1S/C14H15ClFN3O/c1-19-7-5-14(9-17,6-8-19)18-13(20)12-10(15)3-2-4-11(12)16/h2-4H,5-8H2,1H3,(H,18,20). The fourth-order valence-corrected chi connectivity index (χ4v) is 2.51. The van der Waals surface area contributed by atoms with E-state index in [1.165, 1.54) is 18.2 Å². The lowest BCUT2D eigenvalue weighted by atomic mass is 9.89. The quantitative estimate of drug-likeness (QED) is 0.910. The second-order valence-electron chi connectivity index (χ2n) is 5.05. The fourth-order valence-electron chi connectivity index (χ4n) is 2.26. The summed E-state index contributed by atoms with van der Waals surface area (Å²) in [6.45, 7) is 1.41. The smallest absolute Gasteiger partial charge is 0.257 e. The number of carbonyl (C=O) groups is 1. The molecular formula is C14H15ClFN3O. The van der Waals surface area contributed by atoms with Gasteiger partial charge in [-0.1, -0.05) is 17.7 Å². The monoisotopic (exact) mass is 295 g/mol. The van der Waals surface area contributed by atoms with Crippen LogP contribution in [-0.2, 0) is 0 Å². The maximum atomic E-state index is 13.7. The molecule has 20 heavy (non-hydrogen) atoms. The Morgan fingerprint density at radius 3 is 2.70 bits per heavy atom. The summed E-state index contributed by atoms with van der Waals surface area (Å²) >= 11 is 5.86. The lowest BCUT2D eigenvalue weighted by Gasteiger charge is -2.36. The molecule has 1 aromatic rings. The largest absolute Gasteiger partial charge is 0.333 e. The van der Waals surface area contributed by atoms with Gasteiger partial charge in [-0.3, -0.25) is 4.79 Å². The number of nitrogens with zero attached hydrogens (tertiary/aromatic N) is 2. The van der Waals surface area contributed by atoms with Crippen LogP contribution in [0.4, 0.5) is 4.39 Å². The van der Waals surface area contributed by atoms with Crippen LogP contribution >= 0.6 is 11.6 Å². The molecule has 1 aromatic carbocycles. The van der Waals surface area contributed by atoms with Gasteiger partial charge in [-0.05, 0) is 32.0 Å². The molecule has 1 heterocycles. The number of rotatable bonds is 2. The van der Waals surface area contributed by atoms with E-state index >= 15 is 0 Å². The van der Waals surface area contributed by atoms with Gasteiger partial charge in [0.05, 0.1) is 16.7 Å². The minimum Gasteiger partial charge on any atom is -0.333 e. The molecule has 1 amide bonds. The van der Waals surface area contributed by atoms with Crippen molar-refractivity contribution in [1.29, 1.82) is 5.26 Å². The lowest BCUT2D eigenvalue weighted by molar-refractivity contribution is 0.0878. The van der Waals surface area contributed by atoms with Crippen LogP contribution in [0.2, 0.25) is 5.02 Å². The zero-order valence-corrected chi connectivity index (χ0v) is 11.9. The number of amides is 1. The van der Waals surface area contributed by atoms with Crippen molar-refractivity contribution in [1.82, 2.24) is 10.2 Å². The van der Waals surface area contributed by atoms with Crippen LogP contribution < -0.4 is 5.32 Å². The van der Waals surface area contributed by atoms with Crippen LogP contribution in [0.25, 0.3) is 0 Å². The number of nitrogens with one attached hydrogen (secondary N) is 1. The summed E-state index contributed by atoms with van der Waals surface area (Å²) in [5.74, 6) is -1.32. The van der Waals surface area contributed by atoms with Crippen LogP contribution in [0, 0.1) is 17.1 Å². The van der Waals surface area contributed by atoms with Crippen molar-refractivity contribution in [3.05, 3.63) is 34.6 Å². The van der Waals surface area contributed by atoms with Gasteiger partial charge in [0.1, 0.15) is 11.4 Å². The van der Waals surface area contributed by atoms with Crippen molar-refractivity contribution in [2.45, 2.75) is 18.4 Å². The van der Waals surface area contributed by atoms with E-state index in [0.29, 0.717) is 25.9 Å². The van der Waals surface area contributed by atoms with Crippen LogP contribution in [0.15, 0.2) is 18.2 Å². The van der Waals surface area contributed by atoms with Gasteiger partial charge in [0.2, 0.25) is 0 Å². The summed E-state index contributed by atoms with van der Waals surface area (Å²) in [7, 11) is 1.96. The second-order valence-corrected chi connectivity index (χ2v) is 5.46. The Morgan fingerprint density at radius 2 is 2.15 bits per heavy atom. The molecule has 0 saturated carbocycles. The third-order valence-electron chi connectivity index (χ3n) is 3.60. The predicted octanol–water partition coefficient (Wildman–Crippen LogP) is 2.20. The second kappa shape index (κ2) is 5.78. The average molecular weight is 296 g/mol.